The van der Waals surface area contributed by atoms with E-state index >= 15 is 0 Å². The number of fused-ring (bicyclic) bond motifs is 1. The lowest BCUT2D eigenvalue weighted by molar-refractivity contribution is -0.124. The van der Waals surface area contributed by atoms with Crippen LogP contribution in [0.3, 0.4) is 0 Å². The zero-order valence-corrected chi connectivity index (χ0v) is 13.8. The van der Waals surface area contributed by atoms with Crippen LogP contribution < -0.4 is 5.32 Å². The first kappa shape index (κ1) is 15.7. The van der Waals surface area contributed by atoms with Crippen molar-refractivity contribution in [2.24, 2.45) is 0 Å². The molecule has 5 nitrogen and oxygen atoms in total. The molecule has 2 atom stereocenters. The van der Waals surface area contributed by atoms with Gasteiger partial charge in [-0.05, 0) is 37.5 Å². The number of carbonyl (C=O) groups is 1. The monoisotopic (exact) mass is 312 g/mol. The molecule has 2 aromatic rings. The van der Waals surface area contributed by atoms with Gasteiger partial charge in [0.15, 0.2) is 0 Å². The summed E-state index contributed by atoms with van der Waals surface area (Å²) >= 11 is 0. The Morgan fingerprint density at radius 1 is 1.26 bits per heavy atom. The Morgan fingerprint density at radius 2 is 2.04 bits per heavy atom. The molecule has 2 unspecified atom stereocenters. The molecule has 5 heteroatoms. The van der Waals surface area contributed by atoms with Crippen molar-refractivity contribution in [3.05, 3.63) is 53.9 Å². The Balaban J connectivity index is 1.52. The van der Waals surface area contributed by atoms with Crippen LogP contribution >= 0.6 is 0 Å². The minimum atomic E-state index is -0.278. The molecule has 0 radical (unpaired) electrons. The Labute approximate surface area is 137 Å². The Morgan fingerprint density at radius 3 is 2.78 bits per heavy atom. The summed E-state index contributed by atoms with van der Waals surface area (Å²) in [5, 5.41) is 7.17. The molecule has 0 bridgehead atoms. The average Bonchev–Trinajstić information content (AvgIpc) is 3.12. The lowest BCUT2D eigenvalue weighted by Crippen LogP contribution is -2.45. The number of rotatable bonds is 5. The number of nitrogens with one attached hydrogen (secondary N) is 1. The first-order valence-electron chi connectivity index (χ1n) is 8.23. The second-order valence-electron chi connectivity index (χ2n) is 6.25. The molecule has 0 fully saturated rings. The Kier molecular flexibility index (Phi) is 4.76. The van der Waals surface area contributed by atoms with Crippen LogP contribution in [-0.2, 0) is 17.8 Å². The number of hydrogen-bond acceptors (Lipinski definition) is 3. The first-order chi connectivity index (χ1) is 11.1. The predicted molar refractivity (Wildman–Crippen MR) is 90.0 cm³/mol. The van der Waals surface area contributed by atoms with E-state index in [-0.39, 0.29) is 11.9 Å². The van der Waals surface area contributed by atoms with Crippen molar-refractivity contribution in [3.8, 4) is 0 Å². The van der Waals surface area contributed by atoms with Crippen molar-refractivity contribution >= 4 is 5.91 Å². The van der Waals surface area contributed by atoms with Gasteiger partial charge in [0.2, 0.25) is 5.91 Å². The summed E-state index contributed by atoms with van der Waals surface area (Å²) in [6, 6.07) is 10.5. The van der Waals surface area contributed by atoms with Crippen LogP contribution in [0.2, 0.25) is 0 Å². The molecule has 1 amide bonds. The molecule has 3 rings (SSSR count). The highest BCUT2D eigenvalue weighted by molar-refractivity contribution is 5.79. The quantitative estimate of drug-likeness (QED) is 0.919. The van der Waals surface area contributed by atoms with Gasteiger partial charge in [-0.2, -0.15) is 5.10 Å². The van der Waals surface area contributed by atoms with Crippen LogP contribution in [0.15, 0.2) is 42.7 Å². The van der Waals surface area contributed by atoms with Crippen LogP contribution in [0, 0.1) is 0 Å². The van der Waals surface area contributed by atoms with E-state index in [9.17, 15) is 4.79 Å². The summed E-state index contributed by atoms with van der Waals surface area (Å²) in [5.74, 6) is 0.0120. The van der Waals surface area contributed by atoms with E-state index < -0.39 is 0 Å². The van der Waals surface area contributed by atoms with E-state index in [1.165, 1.54) is 11.1 Å². The van der Waals surface area contributed by atoms with Gasteiger partial charge in [0, 0.05) is 38.1 Å². The zero-order valence-electron chi connectivity index (χ0n) is 13.8. The van der Waals surface area contributed by atoms with Crippen LogP contribution in [-0.4, -0.2) is 39.7 Å². The fraction of sp³-hybridized carbons (Fsp3) is 0.444. The summed E-state index contributed by atoms with van der Waals surface area (Å²) < 4.78 is 1.68. The summed E-state index contributed by atoms with van der Waals surface area (Å²) in [6.07, 6.45) is 4.59. The Bertz CT molecular complexity index is 653. The predicted octanol–water partition coefficient (Wildman–Crippen LogP) is 2.01. The first-order valence-corrected chi connectivity index (χ1v) is 8.23. The highest BCUT2D eigenvalue weighted by Crippen LogP contribution is 2.20. The number of hydrogen-bond donors (Lipinski definition) is 1. The normalized spacial score (nSPS) is 17.3. The molecule has 1 aromatic carbocycles. The molecule has 1 N–H and O–H groups in total. The summed E-state index contributed by atoms with van der Waals surface area (Å²) in [7, 11) is 0. The fourth-order valence-corrected chi connectivity index (χ4v) is 3.05. The topological polar surface area (TPSA) is 50.2 Å². The summed E-state index contributed by atoms with van der Waals surface area (Å²) in [6.45, 7) is 6.70. The molecular formula is C18H24N4O. The number of benzene rings is 1. The van der Waals surface area contributed by atoms with Gasteiger partial charge in [0.25, 0.3) is 0 Å². The molecule has 23 heavy (non-hydrogen) atoms. The lowest BCUT2D eigenvalue weighted by Gasteiger charge is -2.34. The van der Waals surface area contributed by atoms with E-state index in [0.29, 0.717) is 12.6 Å². The largest absolute Gasteiger partial charge is 0.353 e. The van der Waals surface area contributed by atoms with Gasteiger partial charge in [-0.15, -0.1) is 0 Å². The molecule has 0 spiro atoms. The second-order valence-corrected chi connectivity index (χ2v) is 6.25. The number of amides is 1. The van der Waals surface area contributed by atoms with E-state index in [4.69, 9.17) is 0 Å². The van der Waals surface area contributed by atoms with Gasteiger partial charge in [0.1, 0.15) is 6.04 Å². The van der Waals surface area contributed by atoms with Crippen molar-refractivity contribution in [1.82, 2.24) is 20.0 Å². The molecule has 0 aliphatic carbocycles. The number of nitrogens with zero attached hydrogens (tertiary/aromatic N) is 3. The maximum atomic E-state index is 12.2. The average molecular weight is 312 g/mol. The van der Waals surface area contributed by atoms with Crippen molar-refractivity contribution < 1.29 is 4.79 Å². The minimum absolute atomic E-state index is 0.0120. The third-order valence-corrected chi connectivity index (χ3v) is 4.66. The van der Waals surface area contributed by atoms with Gasteiger partial charge in [-0.3, -0.25) is 14.4 Å². The molecule has 122 valence electrons. The third-order valence-electron chi connectivity index (χ3n) is 4.66. The van der Waals surface area contributed by atoms with E-state index in [0.717, 1.165) is 19.5 Å². The summed E-state index contributed by atoms with van der Waals surface area (Å²) in [4.78, 5) is 14.7. The van der Waals surface area contributed by atoms with Gasteiger partial charge in [-0.1, -0.05) is 24.3 Å². The van der Waals surface area contributed by atoms with Crippen molar-refractivity contribution in [3.63, 3.8) is 0 Å². The standard InChI is InChI=1S/C18H24N4O/c1-14(12-19-18(23)15(2)22-10-5-9-20-22)21-11-8-16-6-3-4-7-17(16)13-21/h3-7,9-10,14-15H,8,11-13H2,1-2H3,(H,19,23). The van der Waals surface area contributed by atoms with Crippen molar-refractivity contribution in [2.75, 3.05) is 13.1 Å². The second kappa shape index (κ2) is 6.96. The molecule has 1 aliphatic heterocycles. The maximum absolute atomic E-state index is 12.2. The van der Waals surface area contributed by atoms with Gasteiger partial charge < -0.3 is 5.32 Å². The van der Waals surface area contributed by atoms with Gasteiger partial charge in [-0.25, -0.2) is 0 Å². The molecule has 1 aromatic heterocycles. The van der Waals surface area contributed by atoms with E-state index in [1.807, 2.05) is 19.2 Å². The fourth-order valence-electron chi connectivity index (χ4n) is 3.05. The van der Waals surface area contributed by atoms with Crippen LogP contribution in [0.25, 0.3) is 0 Å². The van der Waals surface area contributed by atoms with E-state index in [1.54, 1.807) is 10.9 Å². The Hall–Kier alpha value is -2.14. The molecule has 1 aliphatic rings. The molecular weight excluding hydrogens is 288 g/mol. The molecule has 0 saturated heterocycles. The third kappa shape index (κ3) is 3.62. The smallest absolute Gasteiger partial charge is 0.244 e. The van der Waals surface area contributed by atoms with Crippen molar-refractivity contribution in [2.45, 2.75) is 38.9 Å². The zero-order chi connectivity index (χ0) is 16.2. The maximum Gasteiger partial charge on any atom is 0.244 e. The van der Waals surface area contributed by atoms with Crippen LogP contribution in [0.1, 0.15) is 31.0 Å². The van der Waals surface area contributed by atoms with Gasteiger partial charge in [0.05, 0.1) is 0 Å². The molecule has 2 heterocycles. The van der Waals surface area contributed by atoms with E-state index in [2.05, 4.69) is 46.5 Å². The minimum Gasteiger partial charge on any atom is -0.353 e. The van der Waals surface area contributed by atoms with Crippen molar-refractivity contribution in [1.29, 1.82) is 0 Å². The SMILES string of the molecule is CC(CNC(=O)C(C)n1cccn1)N1CCc2ccccc2C1. The highest BCUT2D eigenvalue weighted by Gasteiger charge is 2.22. The summed E-state index contributed by atoms with van der Waals surface area (Å²) in [5.41, 5.74) is 2.86. The highest BCUT2D eigenvalue weighted by atomic mass is 16.2. The lowest BCUT2D eigenvalue weighted by atomic mass is 9.99. The number of aromatic nitrogens is 2. The van der Waals surface area contributed by atoms with Crippen LogP contribution in [0.5, 0.6) is 0 Å². The van der Waals surface area contributed by atoms with Gasteiger partial charge >= 0.3 is 0 Å². The number of carbonyl (C=O) groups excluding carboxylic acids is 1. The molecule has 0 saturated carbocycles. The van der Waals surface area contributed by atoms with Crippen LogP contribution in [0.4, 0.5) is 0 Å².